The maximum absolute atomic E-state index is 11.0. The van der Waals surface area contributed by atoms with E-state index in [1.54, 1.807) is 12.1 Å². The van der Waals surface area contributed by atoms with Gasteiger partial charge in [0.25, 0.3) is 0 Å². The lowest BCUT2D eigenvalue weighted by Gasteiger charge is -2.16. The van der Waals surface area contributed by atoms with E-state index >= 15 is 0 Å². The summed E-state index contributed by atoms with van der Waals surface area (Å²) in [5.41, 5.74) is 1.39. The summed E-state index contributed by atoms with van der Waals surface area (Å²) >= 11 is 5.49. The normalized spacial score (nSPS) is 15.0. The lowest BCUT2D eigenvalue weighted by Crippen LogP contribution is -2.18. The van der Waals surface area contributed by atoms with Gasteiger partial charge in [-0.05, 0) is 24.1 Å². The van der Waals surface area contributed by atoms with Crippen LogP contribution in [0.2, 0.25) is 0 Å². The molecular weight excluding hydrogens is 246 g/mol. The van der Waals surface area contributed by atoms with Gasteiger partial charge in [-0.2, -0.15) is 0 Å². The van der Waals surface area contributed by atoms with Crippen molar-refractivity contribution in [1.82, 2.24) is 4.98 Å². The summed E-state index contributed by atoms with van der Waals surface area (Å²) in [6.07, 6.45) is -1.69. The summed E-state index contributed by atoms with van der Waals surface area (Å²) in [5, 5.41) is 19.5. The third kappa shape index (κ3) is 2.52. The van der Waals surface area contributed by atoms with Gasteiger partial charge >= 0.3 is 5.76 Å². The fourth-order valence-electron chi connectivity index (χ4n) is 1.64. The van der Waals surface area contributed by atoms with Crippen molar-refractivity contribution in [3.8, 4) is 0 Å². The Kier molecular flexibility index (Phi) is 3.51. The molecule has 0 aliphatic carbocycles. The van der Waals surface area contributed by atoms with Gasteiger partial charge in [0.05, 0.1) is 11.6 Å². The highest BCUT2D eigenvalue weighted by Crippen LogP contribution is 2.22. The molecule has 5 nitrogen and oxygen atoms in total. The molecule has 3 N–H and O–H groups in total. The number of hydrogen-bond donors (Lipinski definition) is 3. The van der Waals surface area contributed by atoms with E-state index in [4.69, 9.17) is 16.0 Å². The molecule has 0 radical (unpaired) electrons. The fraction of sp³-hybridized carbons (Fsp3) is 0.364. The third-order valence-electron chi connectivity index (χ3n) is 2.56. The van der Waals surface area contributed by atoms with Gasteiger partial charge in [0, 0.05) is 5.88 Å². The highest BCUT2D eigenvalue weighted by molar-refractivity contribution is 6.17. The van der Waals surface area contributed by atoms with E-state index in [0.717, 1.165) is 0 Å². The van der Waals surface area contributed by atoms with Crippen LogP contribution < -0.4 is 5.76 Å². The second kappa shape index (κ2) is 4.91. The van der Waals surface area contributed by atoms with Crippen LogP contribution in [0, 0.1) is 0 Å². The first-order valence-electron chi connectivity index (χ1n) is 5.16. The number of halogens is 1. The monoisotopic (exact) mass is 257 g/mol. The van der Waals surface area contributed by atoms with Crippen LogP contribution >= 0.6 is 11.6 Å². The Bertz CT molecular complexity index is 562. The minimum Gasteiger partial charge on any atom is -0.408 e. The Hall–Kier alpha value is -1.30. The van der Waals surface area contributed by atoms with Crippen molar-refractivity contribution in [2.45, 2.75) is 18.6 Å². The number of aromatic nitrogens is 1. The van der Waals surface area contributed by atoms with E-state index < -0.39 is 18.0 Å². The molecule has 1 heterocycles. The maximum atomic E-state index is 11.0. The molecule has 1 aromatic carbocycles. The van der Waals surface area contributed by atoms with Crippen molar-refractivity contribution in [3.63, 3.8) is 0 Å². The molecule has 2 unspecified atom stereocenters. The standard InChI is InChI=1S/C11H12ClNO4/c12-4-3-8(14)10(15)6-1-2-7-9(5-6)17-11(16)13-7/h1-2,5,8,10,14-15H,3-4H2,(H,13,16). The number of oxazole rings is 1. The van der Waals surface area contributed by atoms with Crippen molar-refractivity contribution >= 4 is 22.7 Å². The predicted octanol–water partition coefficient (Wildman–Crippen LogP) is 1.14. The van der Waals surface area contributed by atoms with Gasteiger partial charge < -0.3 is 14.6 Å². The summed E-state index contributed by atoms with van der Waals surface area (Å²) in [5.74, 6) is -0.285. The number of H-pyrrole nitrogens is 1. The maximum Gasteiger partial charge on any atom is 0.417 e. The SMILES string of the molecule is O=c1[nH]c2ccc(C(O)C(O)CCCl)cc2o1. The van der Waals surface area contributed by atoms with E-state index in [9.17, 15) is 15.0 Å². The number of hydrogen-bond acceptors (Lipinski definition) is 4. The zero-order chi connectivity index (χ0) is 12.4. The highest BCUT2D eigenvalue weighted by atomic mass is 35.5. The number of rotatable bonds is 4. The van der Waals surface area contributed by atoms with Crippen LogP contribution in [0.5, 0.6) is 0 Å². The van der Waals surface area contributed by atoms with Gasteiger partial charge in [0.15, 0.2) is 5.58 Å². The number of benzene rings is 1. The first-order valence-corrected chi connectivity index (χ1v) is 5.70. The Labute approximate surface area is 102 Å². The lowest BCUT2D eigenvalue weighted by atomic mass is 10.0. The fourth-order valence-corrected chi connectivity index (χ4v) is 1.86. The summed E-state index contributed by atoms with van der Waals surface area (Å²) in [6, 6.07) is 4.76. The highest BCUT2D eigenvalue weighted by Gasteiger charge is 2.18. The van der Waals surface area contributed by atoms with Crippen molar-refractivity contribution in [1.29, 1.82) is 0 Å². The van der Waals surface area contributed by atoms with E-state index in [1.165, 1.54) is 6.07 Å². The molecule has 1 aromatic heterocycles. The van der Waals surface area contributed by atoms with E-state index in [0.29, 0.717) is 16.7 Å². The molecular formula is C11H12ClNO4. The lowest BCUT2D eigenvalue weighted by molar-refractivity contribution is 0.0170. The molecule has 0 amide bonds. The van der Waals surface area contributed by atoms with Crippen molar-refractivity contribution in [2.75, 3.05) is 5.88 Å². The van der Waals surface area contributed by atoms with Gasteiger partial charge in [-0.1, -0.05) is 6.07 Å². The molecule has 0 saturated heterocycles. The predicted molar refractivity (Wildman–Crippen MR) is 63.1 cm³/mol. The van der Waals surface area contributed by atoms with Crippen LogP contribution in [-0.2, 0) is 0 Å². The summed E-state index contributed by atoms with van der Waals surface area (Å²) < 4.78 is 4.87. The minimum absolute atomic E-state index is 0.264. The van der Waals surface area contributed by atoms with Crippen LogP contribution in [-0.4, -0.2) is 27.2 Å². The zero-order valence-corrected chi connectivity index (χ0v) is 9.65. The summed E-state index contributed by atoms with van der Waals surface area (Å²) in [7, 11) is 0. The molecule has 0 saturated carbocycles. The van der Waals surface area contributed by atoms with Crippen molar-refractivity contribution in [3.05, 3.63) is 34.3 Å². The topological polar surface area (TPSA) is 86.5 Å². The molecule has 0 aliphatic rings. The number of alkyl halides is 1. The molecule has 6 heteroatoms. The van der Waals surface area contributed by atoms with Gasteiger partial charge in [-0.15, -0.1) is 11.6 Å². The van der Waals surface area contributed by atoms with Crippen molar-refractivity contribution in [2.24, 2.45) is 0 Å². The van der Waals surface area contributed by atoms with Crippen LogP contribution in [0.25, 0.3) is 11.1 Å². The van der Waals surface area contributed by atoms with Crippen LogP contribution in [0.15, 0.2) is 27.4 Å². The average molecular weight is 258 g/mol. The van der Waals surface area contributed by atoms with Gasteiger partial charge in [-0.3, -0.25) is 4.98 Å². The van der Waals surface area contributed by atoms with Crippen molar-refractivity contribution < 1.29 is 14.6 Å². The number of nitrogens with one attached hydrogen (secondary N) is 1. The Morgan fingerprint density at radius 1 is 1.41 bits per heavy atom. The molecule has 0 spiro atoms. The first-order chi connectivity index (χ1) is 8.11. The summed E-state index contributed by atoms with van der Waals surface area (Å²) in [4.78, 5) is 13.4. The van der Waals surface area contributed by atoms with Gasteiger partial charge in [0.1, 0.15) is 6.10 Å². The molecule has 0 bridgehead atoms. The molecule has 0 aliphatic heterocycles. The smallest absolute Gasteiger partial charge is 0.408 e. The quantitative estimate of drug-likeness (QED) is 0.717. The molecule has 0 fully saturated rings. The number of fused-ring (bicyclic) bond motifs is 1. The number of aliphatic hydroxyl groups is 2. The zero-order valence-electron chi connectivity index (χ0n) is 8.89. The van der Waals surface area contributed by atoms with Crippen LogP contribution in [0.4, 0.5) is 0 Å². The molecule has 2 aromatic rings. The van der Waals surface area contributed by atoms with E-state index in [2.05, 4.69) is 4.98 Å². The second-order valence-electron chi connectivity index (χ2n) is 3.76. The van der Waals surface area contributed by atoms with Gasteiger partial charge in [0.2, 0.25) is 0 Å². The first kappa shape index (κ1) is 12.2. The van der Waals surface area contributed by atoms with Crippen LogP contribution in [0.3, 0.4) is 0 Å². The summed E-state index contributed by atoms with van der Waals surface area (Å²) in [6.45, 7) is 0. The molecule has 2 atom stereocenters. The number of aromatic amines is 1. The Balaban J connectivity index is 2.32. The van der Waals surface area contributed by atoms with Gasteiger partial charge in [-0.25, -0.2) is 4.79 Å². The van der Waals surface area contributed by atoms with E-state index in [1.807, 2.05) is 0 Å². The second-order valence-corrected chi connectivity index (χ2v) is 4.14. The number of aliphatic hydroxyl groups excluding tert-OH is 2. The Morgan fingerprint density at radius 3 is 2.88 bits per heavy atom. The van der Waals surface area contributed by atoms with E-state index in [-0.39, 0.29) is 12.3 Å². The largest absolute Gasteiger partial charge is 0.417 e. The van der Waals surface area contributed by atoms with Crippen LogP contribution in [0.1, 0.15) is 18.1 Å². The third-order valence-corrected chi connectivity index (χ3v) is 2.77. The molecule has 2 rings (SSSR count). The average Bonchev–Trinajstić information content (AvgIpc) is 2.67. The Morgan fingerprint density at radius 2 is 2.18 bits per heavy atom. The molecule has 92 valence electrons. The molecule has 17 heavy (non-hydrogen) atoms. The minimum atomic E-state index is -1.04.